The molecule has 0 bridgehead atoms. The van der Waals surface area contributed by atoms with E-state index >= 15 is 0 Å². The maximum atomic E-state index is 12.6. The first kappa shape index (κ1) is 17.6. The summed E-state index contributed by atoms with van der Waals surface area (Å²) < 4.78 is 5.24. The van der Waals surface area contributed by atoms with Gasteiger partial charge in [0.05, 0.1) is 22.7 Å². The lowest BCUT2D eigenvalue weighted by Gasteiger charge is -2.18. The average Bonchev–Trinajstić information content (AvgIpc) is 2.63. The molecule has 0 aliphatic rings. The summed E-state index contributed by atoms with van der Waals surface area (Å²) in [6.07, 6.45) is 0. The van der Waals surface area contributed by atoms with Crippen LogP contribution >= 0.6 is 23.2 Å². The van der Waals surface area contributed by atoms with Crippen molar-refractivity contribution < 1.29 is 9.53 Å². The number of carbonyl (C=O) groups excluding carboxylic acids is 1. The minimum absolute atomic E-state index is 0.165. The van der Waals surface area contributed by atoms with Crippen molar-refractivity contribution in [2.75, 3.05) is 14.2 Å². The molecule has 0 N–H and O–H groups in total. The second-order valence-electron chi connectivity index (χ2n) is 5.81. The summed E-state index contributed by atoms with van der Waals surface area (Å²) in [6.45, 7) is 0.476. The van der Waals surface area contributed by atoms with E-state index in [2.05, 4.69) is 6.07 Å². The summed E-state index contributed by atoms with van der Waals surface area (Å²) in [6, 6.07) is 17.1. The number of rotatable bonds is 4. The number of ether oxygens (including phenoxy) is 1. The molecule has 0 aromatic heterocycles. The topological polar surface area (TPSA) is 29.5 Å². The number of amides is 1. The highest BCUT2D eigenvalue weighted by molar-refractivity contribution is 6.43. The number of nitrogens with zero attached hydrogens (tertiary/aromatic N) is 1. The fraction of sp³-hybridized carbons (Fsp3) is 0.150. The molecule has 0 heterocycles. The van der Waals surface area contributed by atoms with Crippen LogP contribution in [0.4, 0.5) is 0 Å². The summed E-state index contributed by atoms with van der Waals surface area (Å²) in [7, 11) is 3.40. The number of carbonyl (C=O) groups is 1. The first-order valence-corrected chi connectivity index (χ1v) is 8.51. The lowest BCUT2D eigenvalue weighted by Crippen LogP contribution is -2.26. The molecule has 5 heteroatoms. The zero-order chi connectivity index (χ0) is 18.0. The van der Waals surface area contributed by atoms with E-state index in [4.69, 9.17) is 27.9 Å². The molecule has 0 spiro atoms. The zero-order valence-corrected chi connectivity index (χ0v) is 15.4. The third kappa shape index (κ3) is 3.73. The predicted octanol–water partition coefficient (Wildman–Crippen LogP) is 5.43. The first-order valence-electron chi connectivity index (χ1n) is 7.76. The smallest absolute Gasteiger partial charge is 0.255 e. The molecule has 0 unspecified atom stereocenters. The standard InChI is InChI=1S/C20H17Cl2NO2/c1-23(20(24)17-4-3-5-18(21)19(17)22)12-13-6-7-15-11-16(25-2)9-8-14(15)10-13/h3-11H,12H2,1-2H3. The summed E-state index contributed by atoms with van der Waals surface area (Å²) in [5.74, 6) is 0.658. The summed E-state index contributed by atoms with van der Waals surface area (Å²) >= 11 is 12.2. The van der Waals surface area contributed by atoms with Crippen molar-refractivity contribution in [3.8, 4) is 5.75 Å². The van der Waals surface area contributed by atoms with Gasteiger partial charge in [-0.25, -0.2) is 0 Å². The van der Waals surface area contributed by atoms with Crippen molar-refractivity contribution in [3.63, 3.8) is 0 Å². The highest BCUT2D eigenvalue weighted by Crippen LogP contribution is 2.27. The molecule has 0 aliphatic carbocycles. The Balaban J connectivity index is 1.82. The van der Waals surface area contributed by atoms with Crippen LogP contribution in [0.1, 0.15) is 15.9 Å². The van der Waals surface area contributed by atoms with E-state index < -0.39 is 0 Å². The highest BCUT2D eigenvalue weighted by Gasteiger charge is 2.17. The van der Waals surface area contributed by atoms with Crippen LogP contribution in [0.2, 0.25) is 10.0 Å². The SMILES string of the molecule is COc1ccc2cc(CN(C)C(=O)c3cccc(Cl)c3Cl)ccc2c1. The Morgan fingerprint density at radius 2 is 1.76 bits per heavy atom. The molecule has 128 valence electrons. The van der Waals surface area contributed by atoms with Crippen molar-refractivity contribution in [1.82, 2.24) is 4.90 Å². The van der Waals surface area contributed by atoms with Crippen LogP contribution in [-0.2, 0) is 6.54 Å². The third-order valence-corrected chi connectivity index (χ3v) is 4.88. The Hall–Kier alpha value is -2.23. The quantitative estimate of drug-likeness (QED) is 0.610. The van der Waals surface area contributed by atoms with Gasteiger partial charge in [-0.2, -0.15) is 0 Å². The van der Waals surface area contributed by atoms with Crippen LogP contribution in [0, 0.1) is 0 Å². The van der Waals surface area contributed by atoms with Gasteiger partial charge in [-0.15, -0.1) is 0 Å². The molecular weight excluding hydrogens is 357 g/mol. The van der Waals surface area contributed by atoms with Crippen molar-refractivity contribution in [3.05, 3.63) is 75.8 Å². The highest BCUT2D eigenvalue weighted by atomic mass is 35.5. The minimum Gasteiger partial charge on any atom is -0.497 e. The molecule has 25 heavy (non-hydrogen) atoms. The molecule has 3 aromatic rings. The lowest BCUT2D eigenvalue weighted by molar-refractivity contribution is 0.0785. The maximum absolute atomic E-state index is 12.6. The molecular formula is C20H17Cl2NO2. The van der Waals surface area contributed by atoms with E-state index in [1.165, 1.54) is 0 Å². The van der Waals surface area contributed by atoms with Crippen molar-refractivity contribution in [1.29, 1.82) is 0 Å². The van der Waals surface area contributed by atoms with Gasteiger partial charge in [0.25, 0.3) is 5.91 Å². The molecule has 1 amide bonds. The normalized spacial score (nSPS) is 10.7. The van der Waals surface area contributed by atoms with E-state index in [0.29, 0.717) is 17.1 Å². The van der Waals surface area contributed by atoms with E-state index in [-0.39, 0.29) is 10.9 Å². The number of methoxy groups -OCH3 is 1. The van der Waals surface area contributed by atoms with Crippen molar-refractivity contribution in [2.24, 2.45) is 0 Å². The second kappa shape index (κ2) is 7.34. The van der Waals surface area contributed by atoms with Gasteiger partial charge in [-0.3, -0.25) is 4.79 Å². The molecule has 0 fully saturated rings. The van der Waals surface area contributed by atoms with Crippen LogP contribution in [0.15, 0.2) is 54.6 Å². The van der Waals surface area contributed by atoms with E-state index in [1.54, 1.807) is 37.3 Å². The molecule has 0 atom stereocenters. The number of fused-ring (bicyclic) bond motifs is 1. The van der Waals surface area contributed by atoms with Gasteiger partial charge in [0.15, 0.2) is 0 Å². The van der Waals surface area contributed by atoms with Crippen molar-refractivity contribution >= 4 is 39.9 Å². The molecule has 3 rings (SSSR count). The molecule has 0 radical (unpaired) electrons. The Labute approximate surface area is 156 Å². The van der Waals surface area contributed by atoms with Crippen LogP contribution in [0.5, 0.6) is 5.75 Å². The maximum Gasteiger partial charge on any atom is 0.255 e. The Kier molecular flexibility index (Phi) is 5.16. The molecule has 3 nitrogen and oxygen atoms in total. The molecule has 0 saturated heterocycles. The Morgan fingerprint density at radius 1 is 1.04 bits per heavy atom. The summed E-state index contributed by atoms with van der Waals surface area (Å²) in [5.41, 5.74) is 1.44. The Bertz CT molecular complexity index is 940. The van der Waals surface area contributed by atoms with E-state index in [0.717, 1.165) is 22.1 Å². The molecule has 0 aliphatic heterocycles. The second-order valence-corrected chi connectivity index (χ2v) is 6.60. The number of hydrogen-bond donors (Lipinski definition) is 0. The third-order valence-electron chi connectivity index (χ3n) is 4.06. The zero-order valence-electron chi connectivity index (χ0n) is 13.9. The predicted molar refractivity (Wildman–Crippen MR) is 103 cm³/mol. The monoisotopic (exact) mass is 373 g/mol. The van der Waals surface area contributed by atoms with Gasteiger partial charge in [0.2, 0.25) is 0 Å². The summed E-state index contributed by atoms with van der Waals surface area (Å²) in [4.78, 5) is 14.3. The molecule has 3 aromatic carbocycles. The largest absolute Gasteiger partial charge is 0.497 e. The number of halogens is 2. The van der Waals surface area contributed by atoms with Crippen molar-refractivity contribution in [2.45, 2.75) is 6.54 Å². The number of hydrogen-bond acceptors (Lipinski definition) is 2. The van der Waals surface area contributed by atoms with Crippen LogP contribution in [0.25, 0.3) is 10.8 Å². The van der Waals surface area contributed by atoms with Gasteiger partial charge in [-0.1, -0.05) is 47.5 Å². The van der Waals surface area contributed by atoms with Gasteiger partial charge in [0.1, 0.15) is 5.75 Å². The van der Waals surface area contributed by atoms with Gasteiger partial charge in [0, 0.05) is 13.6 Å². The van der Waals surface area contributed by atoms with Gasteiger partial charge < -0.3 is 9.64 Å². The lowest BCUT2D eigenvalue weighted by atomic mass is 10.1. The fourth-order valence-corrected chi connectivity index (χ4v) is 3.10. The van der Waals surface area contributed by atoms with Crippen LogP contribution in [-0.4, -0.2) is 25.0 Å². The molecule has 0 saturated carbocycles. The fourth-order valence-electron chi connectivity index (χ4n) is 2.72. The van der Waals surface area contributed by atoms with E-state index in [9.17, 15) is 4.79 Å². The number of benzene rings is 3. The van der Waals surface area contributed by atoms with Crippen LogP contribution < -0.4 is 4.74 Å². The van der Waals surface area contributed by atoms with Crippen LogP contribution in [0.3, 0.4) is 0 Å². The Morgan fingerprint density at radius 3 is 2.52 bits per heavy atom. The average molecular weight is 374 g/mol. The first-order chi connectivity index (χ1) is 12.0. The summed E-state index contributed by atoms with van der Waals surface area (Å²) in [5, 5.41) is 2.85. The minimum atomic E-state index is -0.165. The van der Waals surface area contributed by atoms with E-state index in [1.807, 2.05) is 30.3 Å². The van der Waals surface area contributed by atoms with Gasteiger partial charge >= 0.3 is 0 Å². The van der Waals surface area contributed by atoms with Gasteiger partial charge in [-0.05, 0) is 46.7 Å².